The van der Waals surface area contributed by atoms with E-state index in [0.29, 0.717) is 6.54 Å². The van der Waals surface area contributed by atoms with Crippen LogP contribution in [0.4, 0.5) is 5.69 Å². The number of halogens is 3. The predicted octanol–water partition coefficient (Wildman–Crippen LogP) is 1.18. The molecule has 0 aliphatic rings. The van der Waals surface area contributed by atoms with Crippen molar-refractivity contribution in [2.75, 3.05) is 32.0 Å². The van der Waals surface area contributed by atoms with Crippen molar-refractivity contribution in [3.8, 4) is 0 Å². The van der Waals surface area contributed by atoms with Gasteiger partial charge in [-0.3, -0.25) is 9.59 Å². The topological polar surface area (TPSA) is 116 Å². The van der Waals surface area contributed by atoms with Gasteiger partial charge in [0.2, 0.25) is 5.91 Å². The van der Waals surface area contributed by atoms with E-state index < -0.39 is 18.5 Å². The molecule has 0 unspecified atom stereocenters. The number of H-pyrrole nitrogens is 1. The second-order valence-corrected chi connectivity index (χ2v) is 5.93. The average Bonchev–Trinajstić information content (AvgIpc) is 2.58. The molecule has 0 aliphatic heterocycles. The van der Waals surface area contributed by atoms with Crippen molar-refractivity contribution in [2.24, 2.45) is 0 Å². The van der Waals surface area contributed by atoms with E-state index >= 15 is 0 Å². The number of aromatic nitrogens is 1. The number of esters is 1. The highest BCUT2D eigenvalue weighted by molar-refractivity contribution is 6.45. The molecule has 2 amide bonds. The molecule has 0 aliphatic carbocycles. The monoisotopic (exact) mass is 411 g/mol. The zero-order valence-electron chi connectivity index (χ0n) is 13.6. The molecule has 4 N–H and O–H groups in total. The summed E-state index contributed by atoms with van der Waals surface area (Å²) in [6.45, 7) is 3.49. The Hall–Kier alpha value is -1.77. The number of hydrogen-bond acceptors (Lipinski definition) is 5. The predicted molar refractivity (Wildman–Crippen MR) is 93.7 cm³/mol. The maximum Gasteiger partial charge on any atom is 0.405 e. The first-order chi connectivity index (χ1) is 11.7. The fourth-order valence-corrected chi connectivity index (χ4v) is 2.41. The normalized spacial score (nSPS) is 10.3. The SMILES string of the molecule is CCNC(=O)CN(CC)C(=O)COC(=O)c1[nH+]c(Cl)c(Cl)c(N)c1Cl. The van der Waals surface area contributed by atoms with Gasteiger partial charge in [-0.2, -0.15) is 4.98 Å². The molecule has 138 valence electrons. The van der Waals surface area contributed by atoms with Gasteiger partial charge in [-0.1, -0.05) is 23.2 Å². The smallest absolute Gasteiger partial charge is 0.405 e. The summed E-state index contributed by atoms with van der Waals surface area (Å²) in [6.07, 6.45) is 0. The van der Waals surface area contributed by atoms with E-state index in [-0.39, 0.29) is 45.6 Å². The molecule has 0 radical (unpaired) electrons. The highest BCUT2D eigenvalue weighted by Gasteiger charge is 2.28. The minimum atomic E-state index is -0.933. The van der Waals surface area contributed by atoms with Gasteiger partial charge in [0.05, 0.1) is 12.2 Å². The summed E-state index contributed by atoms with van der Waals surface area (Å²) >= 11 is 17.5. The van der Waals surface area contributed by atoms with Crippen molar-refractivity contribution in [2.45, 2.75) is 13.8 Å². The Morgan fingerprint density at radius 2 is 1.84 bits per heavy atom. The second-order valence-electron chi connectivity index (χ2n) is 4.79. The van der Waals surface area contributed by atoms with Crippen LogP contribution in [0.2, 0.25) is 15.2 Å². The van der Waals surface area contributed by atoms with E-state index in [1.807, 2.05) is 0 Å². The zero-order valence-corrected chi connectivity index (χ0v) is 15.9. The maximum atomic E-state index is 12.1. The number of nitrogens with zero attached hydrogens (tertiary/aromatic N) is 1. The zero-order chi connectivity index (χ0) is 19.1. The van der Waals surface area contributed by atoms with Gasteiger partial charge in [-0.25, -0.2) is 4.79 Å². The van der Waals surface area contributed by atoms with Crippen molar-refractivity contribution in [3.63, 3.8) is 0 Å². The molecule has 1 rings (SSSR count). The highest BCUT2D eigenvalue weighted by Crippen LogP contribution is 2.32. The van der Waals surface area contributed by atoms with E-state index in [1.165, 1.54) is 4.90 Å². The fraction of sp³-hybridized carbons (Fsp3) is 0.429. The molecule has 1 aromatic heterocycles. The van der Waals surface area contributed by atoms with Crippen LogP contribution in [0.5, 0.6) is 0 Å². The Bertz CT molecular complexity index is 685. The van der Waals surface area contributed by atoms with Crippen molar-refractivity contribution in [3.05, 3.63) is 20.9 Å². The maximum absolute atomic E-state index is 12.1. The molecule has 0 spiro atoms. The summed E-state index contributed by atoms with van der Waals surface area (Å²) in [6, 6.07) is 0. The Morgan fingerprint density at radius 1 is 1.20 bits per heavy atom. The Balaban J connectivity index is 2.75. The molecule has 11 heteroatoms. The number of likely N-dealkylation sites (N-methyl/N-ethyl adjacent to an activating group) is 2. The summed E-state index contributed by atoms with van der Waals surface area (Å²) in [4.78, 5) is 39.4. The molecule has 1 heterocycles. The lowest BCUT2D eigenvalue weighted by molar-refractivity contribution is -0.380. The van der Waals surface area contributed by atoms with Gasteiger partial charge in [0.25, 0.3) is 11.1 Å². The summed E-state index contributed by atoms with van der Waals surface area (Å²) in [5, 5.41) is 2.29. The van der Waals surface area contributed by atoms with Crippen LogP contribution in [-0.4, -0.2) is 48.9 Å². The third kappa shape index (κ3) is 5.62. The van der Waals surface area contributed by atoms with Crippen molar-refractivity contribution < 1.29 is 24.1 Å². The molecule has 8 nitrogen and oxygen atoms in total. The number of anilines is 1. The van der Waals surface area contributed by atoms with E-state index in [2.05, 4.69) is 10.3 Å². The van der Waals surface area contributed by atoms with Gasteiger partial charge in [0.1, 0.15) is 10.0 Å². The Morgan fingerprint density at radius 3 is 2.40 bits per heavy atom. The lowest BCUT2D eigenvalue weighted by atomic mass is 10.3. The number of nitrogen functional groups attached to an aromatic ring is 1. The van der Waals surface area contributed by atoms with Crippen LogP contribution in [0.1, 0.15) is 24.3 Å². The van der Waals surface area contributed by atoms with Crippen molar-refractivity contribution >= 4 is 58.3 Å². The first-order valence-electron chi connectivity index (χ1n) is 7.29. The number of nitrogens with two attached hydrogens (primary N) is 1. The Kier molecular flexibility index (Phi) is 8.21. The van der Waals surface area contributed by atoms with Crippen LogP contribution >= 0.6 is 34.8 Å². The Labute approximate surface area is 159 Å². The number of ether oxygens (including phenoxy) is 1. The van der Waals surface area contributed by atoms with E-state index in [4.69, 9.17) is 45.3 Å². The van der Waals surface area contributed by atoms with Crippen LogP contribution in [0.15, 0.2) is 0 Å². The van der Waals surface area contributed by atoms with Gasteiger partial charge in [-0.15, -0.1) is 0 Å². The van der Waals surface area contributed by atoms with Gasteiger partial charge in [0, 0.05) is 13.1 Å². The third-order valence-corrected chi connectivity index (χ3v) is 4.26. The van der Waals surface area contributed by atoms with Gasteiger partial charge in [-0.05, 0) is 25.4 Å². The van der Waals surface area contributed by atoms with E-state index in [9.17, 15) is 14.4 Å². The number of aromatic amines is 1. The first kappa shape index (κ1) is 21.3. The summed E-state index contributed by atoms with van der Waals surface area (Å²) in [5.41, 5.74) is 5.32. The molecule has 0 saturated carbocycles. The lowest BCUT2D eigenvalue weighted by Crippen LogP contribution is -2.42. The molecule has 0 atom stereocenters. The van der Waals surface area contributed by atoms with Gasteiger partial charge in [0.15, 0.2) is 6.61 Å². The summed E-state index contributed by atoms with van der Waals surface area (Å²) in [5.74, 6) is -1.78. The minimum Gasteiger partial charge on any atom is -0.448 e. The number of nitrogens with one attached hydrogen (secondary N) is 2. The number of carbonyl (C=O) groups excluding carboxylic acids is 3. The quantitative estimate of drug-likeness (QED) is 0.515. The summed E-state index contributed by atoms with van der Waals surface area (Å²) < 4.78 is 4.91. The van der Waals surface area contributed by atoms with Crippen LogP contribution in [0.3, 0.4) is 0 Å². The first-order valence-corrected chi connectivity index (χ1v) is 8.43. The molecule has 25 heavy (non-hydrogen) atoms. The summed E-state index contributed by atoms with van der Waals surface area (Å²) in [7, 11) is 0. The third-order valence-electron chi connectivity index (χ3n) is 3.09. The number of pyridine rings is 1. The molecular weight excluding hydrogens is 395 g/mol. The van der Waals surface area contributed by atoms with Crippen LogP contribution in [-0.2, 0) is 14.3 Å². The van der Waals surface area contributed by atoms with E-state index in [1.54, 1.807) is 13.8 Å². The highest BCUT2D eigenvalue weighted by atomic mass is 35.5. The van der Waals surface area contributed by atoms with Crippen molar-refractivity contribution in [1.82, 2.24) is 10.2 Å². The number of carbonyl (C=O) groups is 3. The van der Waals surface area contributed by atoms with E-state index in [0.717, 1.165) is 0 Å². The molecule has 0 fully saturated rings. The average molecular weight is 413 g/mol. The number of amides is 2. The fourth-order valence-electron chi connectivity index (χ4n) is 1.80. The lowest BCUT2D eigenvalue weighted by Gasteiger charge is -2.19. The molecule has 0 saturated heterocycles. The number of rotatable bonds is 7. The van der Waals surface area contributed by atoms with Gasteiger partial charge >= 0.3 is 11.7 Å². The largest absolute Gasteiger partial charge is 0.448 e. The van der Waals surface area contributed by atoms with Crippen molar-refractivity contribution in [1.29, 1.82) is 0 Å². The minimum absolute atomic E-state index is 0.0293. The molecular formula is C14H18Cl3N4O4+. The molecule has 0 aromatic carbocycles. The van der Waals surface area contributed by atoms with Crippen LogP contribution in [0.25, 0.3) is 0 Å². The van der Waals surface area contributed by atoms with Gasteiger partial charge < -0.3 is 20.7 Å². The molecule has 0 bridgehead atoms. The second kappa shape index (κ2) is 9.65. The number of hydrogen-bond donors (Lipinski definition) is 2. The van der Waals surface area contributed by atoms with Crippen LogP contribution < -0.4 is 16.0 Å². The van der Waals surface area contributed by atoms with Crippen LogP contribution in [0, 0.1) is 0 Å². The standard InChI is InChI=1S/C14H17Cl3N4O4/c1-3-19-7(22)5-21(4-2)8(23)6-25-14(24)12-9(15)11(18)10(16)13(17)20-12/h3-6H2,1-2H3,(H2,18,20)(H,19,22)/p+1. The molecule has 1 aromatic rings.